The van der Waals surface area contributed by atoms with E-state index in [2.05, 4.69) is 52.8 Å². The zero-order chi connectivity index (χ0) is 39.2. The van der Waals surface area contributed by atoms with Crippen LogP contribution >= 0.6 is 0 Å². The molecule has 0 spiro atoms. The van der Waals surface area contributed by atoms with Crippen molar-refractivity contribution in [3.05, 3.63) is 90.3 Å². The van der Waals surface area contributed by atoms with Crippen LogP contribution in [-0.4, -0.2) is 104 Å². The number of anilines is 2. The number of ether oxygens (including phenoxy) is 1. The van der Waals surface area contributed by atoms with Crippen molar-refractivity contribution >= 4 is 34.4 Å². The molecule has 3 N–H and O–H groups in total. The lowest BCUT2D eigenvalue weighted by Gasteiger charge is -2.42. The number of nitrogens with two attached hydrogens (primary N) is 1. The van der Waals surface area contributed by atoms with E-state index in [0.29, 0.717) is 30.6 Å². The molecule has 3 saturated heterocycles. The third-order valence-corrected chi connectivity index (χ3v) is 13.3. The number of nitrogens with one attached hydrogen (secondary N) is 1. The van der Waals surface area contributed by atoms with E-state index < -0.39 is 0 Å². The second-order valence-electron chi connectivity index (χ2n) is 16.9. The van der Waals surface area contributed by atoms with Crippen molar-refractivity contribution in [2.45, 2.75) is 76.2 Å². The van der Waals surface area contributed by atoms with Crippen LogP contribution in [0.25, 0.3) is 22.3 Å². The topological polar surface area (TPSA) is 138 Å². The van der Waals surface area contributed by atoms with Gasteiger partial charge in [0.25, 0.3) is 0 Å². The molecule has 2 amide bonds. The standard InChI is InChI=1S/C45H52N10O3/c46-43-41-42(31-7-14-38(15-8-31)58-37-4-2-1-3-5-37)50-55(44(41)48-29-47-43)35-12-10-34(11-13-35)52-22-20-51(21-23-52)25-30-18-19-53(26-30)36-9-6-32-27-54(28-33(32)24-36)39-16-17-40(56)49-45(39)57/h1-9,14-15,24,29-30,34-35,39H,10-13,16-23,25-28H2,(H2,46,47,48)(H,49,56,57). The van der Waals surface area contributed by atoms with E-state index in [-0.39, 0.29) is 23.9 Å². The van der Waals surface area contributed by atoms with Crippen molar-refractivity contribution in [2.24, 2.45) is 5.92 Å². The fraction of sp³-hybridized carbons (Fsp3) is 0.444. The lowest BCUT2D eigenvalue weighted by atomic mass is 9.90. The Kier molecular flexibility index (Phi) is 10.0. The van der Waals surface area contributed by atoms with Crippen molar-refractivity contribution in [1.82, 2.24) is 39.8 Å². The Bertz CT molecular complexity index is 2280. The normalized spacial score (nSPS) is 24.7. The molecule has 1 aliphatic carbocycles. The summed E-state index contributed by atoms with van der Waals surface area (Å²) in [4.78, 5) is 43.4. The molecular weight excluding hydrogens is 729 g/mol. The molecule has 2 atom stereocenters. The number of benzene rings is 3. The number of rotatable bonds is 9. The first-order valence-corrected chi connectivity index (χ1v) is 21.1. The van der Waals surface area contributed by atoms with Crippen LogP contribution in [0.1, 0.15) is 62.1 Å². The van der Waals surface area contributed by atoms with Crippen LogP contribution in [0.3, 0.4) is 0 Å². The number of piperidine rings is 1. The second-order valence-corrected chi connectivity index (χ2v) is 16.9. The summed E-state index contributed by atoms with van der Waals surface area (Å²) in [5, 5.41) is 8.50. The number of carbonyl (C=O) groups excluding carboxylic acids is 2. The molecule has 5 aromatic rings. The summed E-state index contributed by atoms with van der Waals surface area (Å²) in [6.45, 7) is 9.39. The van der Waals surface area contributed by atoms with Crippen LogP contribution in [0.4, 0.5) is 11.5 Å². The largest absolute Gasteiger partial charge is 0.457 e. The van der Waals surface area contributed by atoms with E-state index >= 15 is 0 Å². The minimum absolute atomic E-state index is 0.148. The molecule has 4 aliphatic heterocycles. The van der Waals surface area contributed by atoms with Gasteiger partial charge in [-0.3, -0.25) is 24.7 Å². The van der Waals surface area contributed by atoms with Gasteiger partial charge in [0.15, 0.2) is 5.65 Å². The molecule has 300 valence electrons. The van der Waals surface area contributed by atoms with Crippen molar-refractivity contribution in [1.29, 1.82) is 0 Å². The maximum atomic E-state index is 12.5. The molecule has 5 aliphatic rings. The zero-order valence-corrected chi connectivity index (χ0v) is 33.0. The van der Waals surface area contributed by atoms with Gasteiger partial charge < -0.3 is 20.3 Å². The van der Waals surface area contributed by atoms with Gasteiger partial charge in [0, 0.05) is 82.6 Å². The summed E-state index contributed by atoms with van der Waals surface area (Å²) in [6, 6.07) is 25.3. The summed E-state index contributed by atoms with van der Waals surface area (Å²) >= 11 is 0. The van der Waals surface area contributed by atoms with Crippen LogP contribution < -0.4 is 20.7 Å². The first-order valence-electron chi connectivity index (χ1n) is 21.1. The molecule has 2 unspecified atom stereocenters. The molecule has 3 aromatic carbocycles. The van der Waals surface area contributed by atoms with Gasteiger partial charge in [-0.25, -0.2) is 14.6 Å². The molecule has 10 rings (SSSR count). The first kappa shape index (κ1) is 36.9. The molecule has 13 nitrogen and oxygen atoms in total. The number of carbonyl (C=O) groups is 2. The Morgan fingerprint density at radius 3 is 2.31 bits per heavy atom. The van der Waals surface area contributed by atoms with Crippen LogP contribution in [-0.2, 0) is 22.7 Å². The van der Waals surface area contributed by atoms with Gasteiger partial charge >= 0.3 is 0 Å². The summed E-state index contributed by atoms with van der Waals surface area (Å²) in [7, 11) is 0. The van der Waals surface area contributed by atoms with Crippen LogP contribution in [0.5, 0.6) is 11.5 Å². The third-order valence-electron chi connectivity index (χ3n) is 13.3. The maximum absolute atomic E-state index is 12.5. The lowest BCUT2D eigenvalue weighted by Crippen LogP contribution is -2.52. The van der Waals surface area contributed by atoms with E-state index in [4.69, 9.17) is 20.6 Å². The number of aromatic nitrogens is 4. The van der Waals surface area contributed by atoms with Gasteiger partial charge in [-0.15, -0.1) is 0 Å². The minimum atomic E-state index is -0.218. The van der Waals surface area contributed by atoms with Crippen LogP contribution in [0.15, 0.2) is 79.1 Å². The quantitative estimate of drug-likeness (QED) is 0.181. The fourth-order valence-electron chi connectivity index (χ4n) is 10.2. The Balaban J connectivity index is 0.710. The summed E-state index contributed by atoms with van der Waals surface area (Å²) in [5.41, 5.74) is 13.0. The third kappa shape index (κ3) is 7.42. The number of imide groups is 1. The highest BCUT2D eigenvalue weighted by atomic mass is 16.5. The van der Waals surface area contributed by atoms with Gasteiger partial charge in [0.1, 0.15) is 29.3 Å². The zero-order valence-electron chi connectivity index (χ0n) is 33.0. The van der Waals surface area contributed by atoms with Crippen molar-refractivity contribution in [2.75, 3.05) is 56.4 Å². The number of amides is 2. The Labute approximate surface area is 339 Å². The Morgan fingerprint density at radius 1 is 0.759 bits per heavy atom. The summed E-state index contributed by atoms with van der Waals surface area (Å²) in [6.07, 6.45) is 8.22. The highest BCUT2D eigenvalue weighted by Crippen LogP contribution is 2.38. The number of piperazine rings is 1. The van der Waals surface area contributed by atoms with Gasteiger partial charge in [0.05, 0.1) is 17.5 Å². The van der Waals surface area contributed by atoms with Crippen molar-refractivity contribution in [3.8, 4) is 22.8 Å². The van der Waals surface area contributed by atoms with E-state index in [1.165, 1.54) is 23.2 Å². The monoisotopic (exact) mass is 780 g/mol. The molecule has 58 heavy (non-hydrogen) atoms. The highest BCUT2D eigenvalue weighted by molar-refractivity contribution is 6.00. The van der Waals surface area contributed by atoms with Crippen LogP contribution in [0, 0.1) is 5.92 Å². The number of para-hydroxylation sites is 1. The molecule has 0 radical (unpaired) electrons. The molecule has 4 fully saturated rings. The van der Waals surface area contributed by atoms with Gasteiger partial charge in [0.2, 0.25) is 11.8 Å². The Hall–Kier alpha value is -5.37. The number of nitrogen functional groups attached to an aromatic ring is 1. The number of fused-ring (bicyclic) bond motifs is 2. The van der Waals surface area contributed by atoms with E-state index in [0.717, 1.165) is 118 Å². The van der Waals surface area contributed by atoms with Gasteiger partial charge in [-0.05, 0) is 104 Å². The smallest absolute Gasteiger partial charge is 0.243 e. The van der Waals surface area contributed by atoms with Crippen molar-refractivity contribution in [3.63, 3.8) is 0 Å². The Morgan fingerprint density at radius 2 is 1.52 bits per heavy atom. The second kappa shape index (κ2) is 15.8. The molecule has 1 saturated carbocycles. The fourth-order valence-corrected chi connectivity index (χ4v) is 10.2. The molecular formula is C45H52N10O3. The first-order chi connectivity index (χ1) is 28.4. The average molecular weight is 781 g/mol. The molecule has 0 bridgehead atoms. The van der Waals surface area contributed by atoms with E-state index in [9.17, 15) is 9.59 Å². The SMILES string of the molecule is Nc1ncnc2c1c(-c1ccc(Oc3ccccc3)cc1)nn2C1CCC(N2CCN(CC3CCN(c4ccc5c(c4)CN(C4CCC(=O)NC4=O)C5)C3)CC2)CC1. The van der Waals surface area contributed by atoms with Crippen molar-refractivity contribution < 1.29 is 14.3 Å². The van der Waals surface area contributed by atoms with E-state index in [1.807, 2.05) is 54.6 Å². The predicted octanol–water partition coefficient (Wildman–Crippen LogP) is 5.62. The van der Waals surface area contributed by atoms with Gasteiger partial charge in [-0.2, -0.15) is 5.10 Å². The van der Waals surface area contributed by atoms with Crippen LogP contribution in [0.2, 0.25) is 0 Å². The maximum Gasteiger partial charge on any atom is 0.243 e. The summed E-state index contributed by atoms with van der Waals surface area (Å²) in [5.74, 6) is 2.38. The lowest BCUT2D eigenvalue weighted by molar-refractivity contribution is -0.137. The number of hydrogen-bond acceptors (Lipinski definition) is 11. The predicted molar refractivity (Wildman–Crippen MR) is 223 cm³/mol. The highest BCUT2D eigenvalue weighted by Gasteiger charge is 2.36. The van der Waals surface area contributed by atoms with E-state index in [1.54, 1.807) is 6.33 Å². The summed E-state index contributed by atoms with van der Waals surface area (Å²) < 4.78 is 8.15. The minimum Gasteiger partial charge on any atom is -0.457 e. The number of nitrogens with zero attached hydrogens (tertiary/aromatic N) is 8. The number of hydrogen-bond donors (Lipinski definition) is 2. The molecule has 2 aromatic heterocycles. The van der Waals surface area contributed by atoms with Gasteiger partial charge in [-0.1, -0.05) is 24.3 Å². The molecule has 13 heteroatoms. The molecule has 6 heterocycles. The average Bonchev–Trinajstić information content (AvgIpc) is 4.00.